The van der Waals surface area contributed by atoms with Gasteiger partial charge in [-0.2, -0.15) is 0 Å². The van der Waals surface area contributed by atoms with E-state index in [0.717, 1.165) is 24.0 Å². The summed E-state index contributed by atoms with van der Waals surface area (Å²) in [6, 6.07) is 13.4. The fraction of sp³-hybridized carbons (Fsp3) is 0.607. The summed E-state index contributed by atoms with van der Waals surface area (Å²) in [6.07, 6.45) is 20.0. The van der Waals surface area contributed by atoms with Gasteiger partial charge in [-0.05, 0) is 54.7 Å². The van der Waals surface area contributed by atoms with Crippen LogP contribution in [-0.2, 0) is 12.8 Å². The SMILES string of the molecule is CCCCCCC1CCCC(CCc2ccc(-c3ccc(CCC)cc3)nc2)C1. The van der Waals surface area contributed by atoms with Gasteiger partial charge in [0.15, 0.2) is 0 Å². The van der Waals surface area contributed by atoms with Gasteiger partial charge in [0.1, 0.15) is 0 Å². The maximum Gasteiger partial charge on any atom is 0.0702 e. The summed E-state index contributed by atoms with van der Waals surface area (Å²) in [7, 11) is 0. The molecule has 1 fully saturated rings. The molecule has 1 heterocycles. The van der Waals surface area contributed by atoms with E-state index in [-0.39, 0.29) is 0 Å². The number of hydrogen-bond acceptors (Lipinski definition) is 1. The molecule has 1 aliphatic carbocycles. The lowest BCUT2D eigenvalue weighted by Crippen LogP contribution is -2.16. The highest BCUT2D eigenvalue weighted by Gasteiger charge is 2.21. The van der Waals surface area contributed by atoms with Gasteiger partial charge in [0.25, 0.3) is 0 Å². The molecule has 0 N–H and O–H groups in total. The van der Waals surface area contributed by atoms with E-state index in [9.17, 15) is 0 Å². The summed E-state index contributed by atoms with van der Waals surface area (Å²) in [6.45, 7) is 4.54. The van der Waals surface area contributed by atoms with Crippen molar-refractivity contribution in [2.24, 2.45) is 11.8 Å². The molecule has 1 aromatic heterocycles. The van der Waals surface area contributed by atoms with E-state index in [1.807, 2.05) is 0 Å². The molecular formula is C28H41N. The molecule has 0 radical (unpaired) electrons. The van der Waals surface area contributed by atoms with Crippen molar-refractivity contribution in [1.82, 2.24) is 4.98 Å². The van der Waals surface area contributed by atoms with Gasteiger partial charge >= 0.3 is 0 Å². The summed E-state index contributed by atoms with van der Waals surface area (Å²) >= 11 is 0. The first kappa shape index (κ1) is 22.1. The van der Waals surface area contributed by atoms with Crippen LogP contribution in [0.15, 0.2) is 42.6 Å². The Bertz CT molecular complexity index is 685. The average Bonchev–Trinajstić information content (AvgIpc) is 2.77. The van der Waals surface area contributed by atoms with Crippen LogP contribution in [0.4, 0.5) is 0 Å². The normalized spacial score (nSPS) is 19.4. The average molecular weight is 392 g/mol. The van der Waals surface area contributed by atoms with Crippen molar-refractivity contribution in [2.75, 3.05) is 0 Å². The summed E-state index contributed by atoms with van der Waals surface area (Å²) in [4.78, 5) is 4.76. The Hall–Kier alpha value is -1.63. The van der Waals surface area contributed by atoms with E-state index < -0.39 is 0 Å². The van der Waals surface area contributed by atoms with Gasteiger partial charge in [0.05, 0.1) is 5.69 Å². The predicted molar refractivity (Wildman–Crippen MR) is 126 cm³/mol. The molecule has 2 unspecified atom stereocenters. The first-order valence-electron chi connectivity index (χ1n) is 12.3. The molecule has 2 atom stereocenters. The van der Waals surface area contributed by atoms with Crippen molar-refractivity contribution in [3.05, 3.63) is 53.7 Å². The highest BCUT2D eigenvalue weighted by atomic mass is 14.7. The standard InChI is InChI=1S/C28H41N/c1-3-5-6-7-10-24-11-8-12-25(21-24)13-14-26-17-20-28(29-22-26)27-18-15-23(9-4-2)16-19-27/h15-20,22,24-25H,3-14,21H2,1-2H3. The third-order valence-corrected chi connectivity index (χ3v) is 6.81. The Kier molecular flexibility index (Phi) is 9.25. The molecule has 29 heavy (non-hydrogen) atoms. The molecule has 2 aromatic rings. The minimum Gasteiger partial charge on any atom is -0.256 e. The van der Waals surface area contributed by atoms with Crippen molar-refractivity contribution in [1.29, 1.82) is 0 Å². The first-order chi connectivity index (χ1) is 14.3. The minimum absolute atomic E-state index is 0.936. The largest absolute Gasteiger partial charge is 0.256 e. The third kappa shape index (κ3) is 7.28. The lowest BCUT2D eigenvalue weighted by molar-refractivity contribution is 0.239. The number of nitrogens with zero attached hydrogens (tertiary/aromatic N) is 1. The van der Waals surface area contributed by atoms with Gasteiger partial charge in [0.2, 0.25) is 0 Å². The van der Waals surface area contributed by atoms with Crippen LogP contribution < -0.4 is 0 Å². The number of unbranched alkanes of at least 4 members (excludes halogenated alkanes) is 3. The number of hydrogen-bond donors (Lipinski definition) is 0. The van der Waals surface area contributed by atoms with E-state index in [2.05, 4.69) is 56.4 Å². The molecule has 1 aromatic carbocycles. The summed E-state index contributed by atoms with van der Waals surface area (Å²) in [5.41, 5.74) is 5.15. The molecule has 1 aliphatic rings. The maximum absolute atomic E-state index is 4.76. The highest BCUT2D eigenvalue weighted by molar-refractivity contribution is 5.59. The fourth-order valence-electron chi connectivity index (χ4n) is 5.03. The zero-order valence-corrected chi connectivity index (χ0v) is 18.8. The van der Waals surface area contributed by atoms with Crippen molar-refractivity contribution in [3.8, 4) is 11.3 Å². The summed E-state index contributed by atoms with van der Waals surface area (Å²) < 4.78 is 0. The van der Waals surface area contributed by atoms with Crippen LogP contribution in [0.2, 0.25) is 0 Å². The van der Waals surface area contributed by atoms with Gasteiger partial charge in [-0.15, -0.1) is 0 Å². The quantitative estimate of drug-likeness (QED) is 0.350. The predicted octanol–water partition coefficient (Wildman–Crippen LogP) is 8.41. The van der Waals surface area contributed by atoms with Crippen molar-refractivity contribution in [2.45, 2.75) is 97.3 Å². The fourth-order valence-corrected chi connectivity index (χ4v) is 5.03. The smallest absolute Gasteiger partial charge is 0.0702 e. The van der Waals surface area contributed by atoms with Crippen molar-refractivity contribution in [3.63, 3.8) is 0 Å². The molecule has 0 amide bonds. The molecule has 1 heteroatoms. The topological polar surface area (TPSA) is 12.9 Å². The second-order valence-corrected chi connectivity index (χ2v) is 9.29. The lowest BCUT2D eigenvalue weighted by atomic mass is 9.77. The maximum atomic E-state index is 4.76. The van der Waals surface area contributed by atoms with Crippen molar-refractivity contribution < 1.29 is 0 Å². The third-order valence-electron chi connectivity index (χ3n) is 6.81. The minimum atomic E-state index is 0.936. The summed E-state index contributed by atoms with van der Waals surface area (Å²) in [5, 5.41) is 0. The lowest BCUT2D eigenvalue weighted by Gasteiger charge is -2.29. The molecule has 3 rings (SSSR count). The number of benzene rings is 1. The molecule has 0 spiro atoms. The first-order valence-corrected chi connectivity index (χ1v) is 12.3. The second kappa shape index (κ2) is 12.2. The van der Waals surface area contributed by atoms with E-state index in [1.54, 1.807) is 0 Å². The van der Waals surface area contributed by atoms with Gasteiger partial charge in [-0.1, -0.05) is 102 Å². The van der Waals surface area contributed by atoms with Crippen LogP contribution in [0, 0.1) is 11.8 Å². The Morgan fingerprint density at radius 2 is 1.52 bits per heavy atom. The zero-order chi connectivity index (χ0) is 20.3. The monoisotopic (exact) mass is 391 g/mol. The van der Waals surface area contributed by atoms with Crippen molar-refractivity contribution >= 4 is 0 Å². The number of rotatable bonds is 11. The van der Waals surface area contributed by atoms with Crippen LogP contribution in [0.25, 0.3) is 11.3 Å². The number of pyridine rings is 1. The molecule has 1 nitrogen and oxygen atoms in total. The molecule has 0 bridgehead atoms. The highest BCUT2D eigenvalue weighted by Crippen LogP contribution is 2.34. The molecular weight excluding hydrogens is 350 g/mol. The van der Waals surface area contributed by atoms with Crippen LogP contribution in [0.1, 0.15) is 95.6 Å². The molecule has 158 valence electrons. The van der Waals surface area contributed by atoms with Gasteiger partial charge in [-0.3, -0.25) is 4.98 Å². The number of aryl methyl sites for hydroxylation is 2. The Morgan fingerprint density at radius 3 is 2.21 bits per heavy atom. The zero-order valence-electron chi connectivity index (χ0n) is 18.8. The second-order valence-electron chi connectivity index (χ2n) is 9.29. The van der Waals surface area contributed by atoms with E-state index in [0.29, 0.717) is 0 Å². The summed E-state index contributed by atoms with van der Waals surface area (Å²) in [5.74, 6) is 1.94. The van der Waals surface area contributed by atoms with E-state index >= 15 is 0 Å². The molecule has 1 saturated carbocycles. The van der Waals surface area contributed by atoms with Gasteiger partial charge in [-0.25, -0.2) is 0 Å². The number of aromatic nitrogens is 1. The molecule has 0 aliphatic heterocycles. The Morgan fingerprint density at radius 1 is 0.759 bits per heavy atom. The van der Waals surface area contributed by atoms with Crippen LogP contribution in [-0.4, -0.2) is 4.98 Å². The molecule has 0 saturated heterocycles. The van der Waals surface area contributed by atoms with E-state index in [1.165, 1.54) is 93.7 Å². The van der Waals surface area contributed by atoms with Crippen LogP contribution in [0.3, 0.4) is 0 Å². The van der Waals surface area contributed by atoms with Gasteiger partial charge < -0.3 is 0 Å². The Balaban J connectivity index is 1.44. The van der Waals surface area contributed by atoms with Gasteiger partial charge in [0, 0.05) is 11.8 Å². The van der Waals surface area contributed by atoms with E-state index in [4.69, 9.17) is 4.98 Å². The van der Waals surface area contributed by atoms with Crippen LogP contribution >= 0.6 is 0 Å². The Labute approximate surface area is 179 Å². The van der Waals surface area contributed by atoms with Crippen LogP contribution in [0.5, 0.6) is 0 Å².